The summed E-state index contributed by atoms with van der Waals surface area (Å²) in [4.78, 5) is 12.2. The number of carbonyl (C=O) groups excluding carboxylic acids is 1. The molecule has 1 unspecified atom stereocenters. The molecule has 0 saturated heterocycles. The molecule has 2 aromatic rings. The van der Waals surface area contributed by atoms with E-state index >= 15 is 0 Å². The number of carbonyl (C=O) groups is 1. The fourth-order valence-corrected chi connectivity index (χ4v) is 2.45. The van der Waals surface area contributed by atoms with Crippen molar-refractivity contribution in [3.63, 3.8) is 0 Å². The van der Waals surface area contributed by atoms with Crippen molar-refractivity contribution in [1.29, 1.82) is 0 Å². The lowest BCUT2D eigenvalue weighted by Gasteiger charge is -2.23. The molecule has 22 heavy (non-hydrogen) atoms. The maximum atomic E-state index is 13.0. The summed E-state index contributed by atoms with van der Waals surface area (Å²) in [6.45, 7) is 4.09. The lowest BCUT2D eigenvalue weighted by atomic mass is 9.95. The van der Waals surface area contributed by atoms with Crippen LogP contribution in [0.3, 0.4) is 0 Å². The zero-order valence-electron chi connectivity index (χ0n) is 13.1. The van der Waals surface area contributed by atoms with Crippen LogP contribution in [0.1, 0.15) is 37.4 Å². The van der Waals surface area contributed by atoms with Crippen LogP contribution in [0.25, 0.3) is 0 Å². The Morgan fingerprint density at radius 1 is 1.05 bits per heavy atom. The molecule has 3 heteroatoms. The van der Waals surface area contributed by atoms with Gasteiger partial charge >= 0.3 is 0 Å². The largest absolute Gasteiger partial charge is 0.349 e. The van der Waals surface area contributed by atoms with Crippen molar-refractivity contribution < 1.29 is 9.18 Å². The number of hydrogen-bond donors (Lipinski definition) is 1. The molecule has 0 aliphatic rings. The average Bonchev–Trinajstić information content (AvgIpc) is 2.52. The highest BCUT2D eigenvalue weighted by molar-refractivity contribution is 5.76. The van der Waals surface area contributed by atoms with Crippen molar-refractivity contribution >= 4 is 5.91 Å². The van der Waals surface area contributed by atoms with Gasteiger partial charge in [-0.15, -0.1) is 0 Å². The predicted molar refractivity (Wildman–Crippen MR) is 86.9 cm³/mol. The number of aryl methyl sites for hydroxylation is 1. The molecule has 0 aromatic heterocycles. The van der Waals surface area contributed by atoms with Crippen LogP contribution in [0.2, 0.25) is 0 Å². The van der Waals surface area contributed by atoms with Crippen LogP contribution in [-0.4, -0.2) is 5.91 Å². The summed E-state index contributed by atoms with van der Waals surface area (Å²) in [6.07, 6.45) is 1.18. The van der Waals surface area contributed by atoms with E-state index in [0.717, 1.165) is 17.5 Å². The molecule has 1 N–H and O–H groups in total. The maximum absolute atomic E-state index is 13.0. The molecule has 1 atom stereocenters. The fourth-order valence-electron chi connectivity index (χ4n) is 2.45. The lowest BCUT2D eigenvalue weighted by molar-refractivity contribution is -0.122. The third-order valence-electron chi connectivity index (χ3n) is 3.70. The Bertz CT molecular complexity index is 593. The molecule has 0 aliphatic carbocycles. The fraction of sp³-hybridized carbons (Fsp3) is 0.316. The van der Waals surface area contributed by atoms with Crippen molar-refractivity contribution in [2.75, 3.05) is 0 Å². The summed E-state index contributed by atoms with van der Waals surface area (Å²) in [5, 5.41) is 3.06. The Balaban J connectivity index is 1.96. The van der Waals surface area contributed by atoms with Crippen molar-refractivity contribution in [3.8, 4) is 0 Å². The van der Waals surface area contributed by atoms with Gasteiger partial charge < -0.3 is 5.32 Å². The first-order valence-corrected chi connectivity index (χ1v) is 7.65. The summed E-state index contributed by atoms with van der Waals surface area (Å²) in [5.74, 6) is -0.000301. The van der Waals surface area contributed by atoms with Gasteiger partial charge in [-0.25, -0.2) is 4.39 Å². The molecule has 0 heterocycles. The van der Waals surface area contributed by atoms with Crippen molar-refractivity contribution in [2.45, 2.75) is 32.7 Å². The standard InChI is InChI=1S/C19H22FNO/c1-14(2)19(16-9-11-17(20)12-10-16)21-18(22)13-8-15-6-4-3-5-7-15/h3-7,9-12,14,19H,8,13H2,1-2H3,(H,21,22). The Labute approximate surface area is 131 Å². The van der Waals surface area contributed by atoms with E-state index in [-0.39, 0.29) is 23.7 Å². The van der Waals surface area contributed by atoms with Gasteiger partial charge in [0, 0.05) is 6.42 Å². The topological polar surface area (TPSA) is 29.1 Å². The molecule has 2 nitrogen and oxygen atoms in total. The monoisotopic (exact) mass is 299 g/mol. The summed E-state index contributed by atoms with van der Waals surface area (Å²) >= 11 is 0. The van der Waals surface area contributed by atoms with Crippen LogP contribution in [-0.2, 0) is 11.2 Å². The Morgan fingerprint density at radius 3 is 2.27 bits per heavy atom. The van der Waals surface area contributed by atoms with Gasteiger partial charge in [0.2, 0.25) is 5.91 Å². The molecule has 2 rings (SSSR count). The van der Waals surface area contributed by atoms with Crippen molar-refractivity contribution in [3.05, 3.63) is 71.5 Å². The van der Waals surface area contributed by atoms with E-state index in [2.05, 4.69) is 5.32 Å². The highest BCUT2D eigenvalue weighted by Gasteiger charge is 2.18. The SMILES string of the molecule is CC(C)C(NC(=O)CCc1ccccc1)c1ccc(F)cc1. The predicted octanol–water partition coefficient (Wildman–Crippen LogP) is 4.27. The Kier molecular flexibility index (Phi) is 5.70. The third kappa shape index (κ3) is 4.69. The molecular weight excluding hydrogens is 277 g/mol. The summed E-state index contributed by atoms with van der Waals surface area (Å²) in [7, 11) is 0. The van der Waals surface area contributed by atoms with Gasteiger partial charge in [0.25, 0.3) is 0 Å². The Hall–Kier alpha value is -2.16. The number of rotatable bonds is 6. The first-order valence-electron chi connectivity index (χ1n) is 7.65. The number of nitrogens with one attached hydrogen (secondary N) is 1. The number of halogens is 1. The number of amides is 1. The molecule has 0 radical (unpaired) electrons. The van der Waals surface area contributed by atoms with Gasteiger partial charge in [-0.05, 0) is 35.6 Å². The van der Waals surface area contributed by atoms with Gasteiger partial charge in [0.1, 0.15) is 5.82 Å². The molecule has 0 saturated carbocycles. The van der Waals surface area contributed by atoms with E-state index in [1.807, 2.05) is 44.2 Å². The molecule has 116 valence electrons. The molecule has 0 aliphatic heterocycles. The van der Waals surface area contributed by atoms with E-state index in [1.54, 1.807) is 12.1 Å². The van der Waals surface area contributed by atoms with E-state index < -0.39 is 0 Å². The van der Waals surface area contributed by atoms with Crippen molar-refractivity contribution in [2.24, 2.45) is 5.92 Å². The second-order valence-electron chi connectivity index (χ2n) is 5.83. The minimum atomic E-state index is -0.262. The van der Waals surface area contributed by atoms with Gasteiger partial charge in [-0.3, -0.25) is 4.79 Å². The normalized spacial score (nSPS) is 12.2. The van der Waals surface area contributed by atoms with Crippen molar-refractivity contribution in [1.82, 2.24) is 5.32 Å². The Morgan fingerprint density at radius 2 is 1.68 bits per heavy atom. The van der Waals surface area contributed by atoms with Crippen LogP contribution < -0.4 is 5.32 Å². The quantitative estimate of drug-likeness (QED) is 0.848. The molecule has 0 fully saturated rings. The summed E-state index contributed by atoms with van der Waals surface area (Å²) in [6, 6.07) is 16.2. The first-order chi connectivity index (χ1) is 10.6. The molecule has 0 bridgehead atoms. The van der Waals surface area contributed by atoms with Crippen LogP contribution in [0.15, 0.2) is 54.6 Å². The average molecular weight is 299 g/mol. The van der Waals surface area contributed by atoms with E-state index in [0.29, 0.717) is 6.42 Å². The highest BCUT2D eigenvalue weighted by Crippen LogP contribution is 2.22. The second-order valence-corrected chi connectivity index (χ2v) is 5.83. The van der Waals surface area contributed by atoms with Crippen LogP contribution in [0, 0.1) is 11.7 Å². The van der Waals surface area contributed by atoms with E-state index in [4.69, 9.17) is 0 Å². The van der Waals surface area contributed by atoms with Crippen LogP contribution in [0.4, 0.5) is 4.39 Å². The zero-order chi connectivity index (χ0) is 15.9. The van der Waals surface area contributed by atoms with E-state index in [9.17, 15) is 9.18 Å². The van der Waals surface area contributed by atoms with Gasteiger partial charge in [-0.2, -0.15) is 0 Å². The highest BCUT2D eigenvalue weighted by atomic mass is 19.1. The molecule has 1 amide bonds. The number of benzene rings is 2. The van der Waals surface area contributed by atoms with Crippen LogP contribution >= 0.6 is 0 Å². The summed E-state index contributed by atoms with van der Waals surface area (Å²) < 4.78 is 13.0. The summed E-state index contributed by atoms with van der Waals surface area (Å²) in [5.41, 5.74) is 2.09. The number of hydrogen-bond acceptors (Lipinski definition) is 1. The molecular formula is C19H22FNO. The lowest BCUT2D eigenvalue weighted by Crippen LogP contribution is -2.31. The van der Waals surface area contributed by atoms with Gasteiger partial charge in [0.15, 0.2) is 0 Å². The molecule has 0 spiro atoms. The zero-order valence-corrected chi connectivity index (χ0v) is 13.1. The minimum absolute atomic E-state index is 0.0203. The first kappa shape index (κ1) is 16.2. The molecule has 2 aromatic carbocycles. The maximum Gasteiger partial charge on any atom is 0.220 e. The van der Waals surface area contributed by atoms with Gasteiger partial charge in [-0.1, -0.05) is 56.3 Å². The van der Waals surface area contributed by atoms with Gasteiger partial charge in [0.05, 0.1) is 6.04 Å². The minimum Gasteiger partial charge on any atom is -0.349 e. The third-order valence-corrected chi connectivity index (χ3v) is 3.70. The second kappa shape index (κ2) is 7.74. The van der Waals surface area contributed by atoms with Crippen LogP contribution in [0.5, 0.6) is 0 Å². The smallest absolute Gasteiger partial charge is 0.220 e. The van der Waals surface area contributed by atoms with E-state index in [1.165, 1.54) is 12.1 Å².